The Morgan fingerprint density at radius 1 is 1.19 bits per heavy atom. The van der Waals surface area contributed by atoms with E-state index in [1.165, 1.54) is 5.19 Å². The van der Waals surface area contributed by atoms with E-state index in [1.54, 1.807) is 0 Å². The topological polar surface area (TPSA) is 38.7 Å². The molecule has 1 saturated heterocycles. The van der Waals surface area contributed by atoms with Crippen molar-refractivity contribution in [2.45, 2.75) is 57.2 Å². The van der Waals surface area contributed by atoms with Crippen LogP contribution in [0.2, 0.25) is 18.6 Å². The van der Waals surface area contributed by atoms with Gasteiger partial charge in [0.25, 0.3) is 0 Å². The van der Waals surface area contributed by atoms with Gasteiger partial charge in [0, 0.05) is 0 Å². The molecule has 0 amide bonds. The summed E-state index contributed by atoms with van der Waals surface area (Å²) in [6.45, 7) is 8.14. The van der Waals surface area contributed by atoms with Crippen LogP contribution in [0.5, 0.6) is 0 Å². The standard InChI is InChI=1S/C17H28O3Si/c1-14(18)13-16(9-10-17-19-11-12-20-17)21(2,3)15-7-5-4-6-8-15/h4-8,14,16-18H,9-13H2,1-3H3/t14-,16+/m0/s1. The smallest absolute Gasteiger partial charge is 0.157 e. The minimum atomic E-state index is -1.61. The van der Waals surface area contributed by atoms with Gasteiger partial charge in [0.2, 0.25) is 0 Å². The van der Waals surface area contributed by atoms with Gasteiger partial charge in [-0.05, 0) is 31.7 Å². The van der Waals surface area contributed by atoms with Gasteiger partial charge in [-0.1, -0.05) is 48.6 Å². The predicted molar refractivity (Wildman–Crippen MR) is 88.5 cm³/mol. The van der Waals surface area contributed by atoms with E-state index in [1.807, 2.05) is 6.92 Å². The fraction of sp³-hybridized carbons (Fsp3) is 0.647. The lowest BCUT2D eigenvalue weighted by Crippen LogP contribution is -2.47. The lowest BCUT2D eigenvalue weighted by molar-refractivity contribution is -0.0483. The van der Waals surface area contributed by atoms with Crippen LogP contribution in [0.4, 0.5) is 0 Å². The van der Waals surface area contributed by atoms with Crippen molar-refractivity contribution in [1.82, 2.24) is 0 Å². The molecule has 1 heterocycles. The Bertz CT molecular complexity index is 413. The summed E-state index contributed by atoms with van der Waals surface area (Å²) >= 11 is 0. The molecule has 0 bridgehead atoms. The zero-order valence-electron chi connectivity index (χ0n) is 13.4. The summed E-state index contributed by atoms with van der Waals surface area (Å²) in [7, 11) is -1.61. The molecule has 0 aliphatic carbocycles. The van der Waals surface area contributed by atoms with Gasteiger partial charge in [-0.3, -0.25) is 0 Å². The Morgan fingerprint density at radius 3 is 2.38 bits per heavy atom. The van der Waals surface area contributed by atoms with Crippen LogP contribution in [-0.4, -0.2) is 38.8 Å². The first-order chi connectivity index (χ1) is 10.00. The minimum absolute atomic E-state index is 0.0397. The molecule has 118 valence electrons. The maximum absolute atomic E-state index is 9.88. The minimum Gasteiger partial charge on any atom is -0.393 e. The van der Waals surface area contributed by atoms with Crippen LogP contribution in [0.25, 0.3) is 0 Å². The van der Waals surface area contributed by atoms with Crippen LogP contribution in [0.15, 0.2) is 30.3 Å². The van der Waals surface area contributed by atoms with Crippen molar-refractivity contribution in [2.75, 3.05) is 13.2 Å². The lowest BCUT2D eigenvalue weighted by Gasteiger charge is -2.34. The largest absolute Gasteiger partial charge is 0.393 e. The third-order valence-electron chi connectivity index (χ3n) is 4.61. The fourth-order valence-electron chi connectivity index (χ4n) is 3.20. The van der Waals surface area contributed by atoms with Crippen LogP contribution in [0.1, 0.15) is 26.2 Å². The summed E-state index contributed by atoms with van der Waals surface area (Å²) in [4.78, 5) is 0. The molecule has 1 fully saturated rings. The van der Waals surface area contributed by atoms with Crippen molar-refractivity contribution >= 4 is 13.3 Å². The van der Waals surface area contributed by atoms with E-state index < -0.39 is 8.07 Å². The van der Waals surface area contributed by atoms with Crippen molar-refractivity contribution in [1.29, 1.82) is 0 Å². The SMILES string of the molecule is C[C@H](O)C[C@@H](CCC1OCCO1)[Si](C)(C)c1ccccc1. The number of rotatable bonds is 7. The highest BCUT2D eigenvalue weighted by atomic mass is 28.3. The average Bonchev–Trinajstić information content (AvgIpc) is 2.97. The van der Waals surface area contributed by atoms with Crippen LogP contribution in [0, 0.1) is 0 Å². The molecular formula is C17H28O3Si. The van der Waals surface area contributed by atoms with E-state index in [0.29, 0.717) is 18.8 Å². The highest BCUT2D eigenvalue weighted by molar-refractivity contribution is 6.91. The zero-order chi connectivity index (χ0) is 15.3. The fourth-order valence-corrected chi connectivity index (χ4v) is 6.54. The summed E-state index contributed by atoms with van der Waals surface area (Å²) in [5.74, 6) is 0. The summed E-state index contributed by atoms with van der Waals surface area (Å²) < 4.78 is 11.1. The zero-order valence-corrected chi connectivity index (χ0v) is 14.4. The Kier molecular flexibility index (Phi) is 5.99. The molecule has 0 aromatic heterocycles. The number of aliphatic hydroxyl groups excluding tert-OH is 1. The van der Waals surface area contributed by atoms with Gasteiger partial charge < -0.3 is 14.6 Å². The summed E-state index contributed by atoms with van der Waals surface area (Å²) in [5, 5.41) is 11.3. The van der Waals surface area contributed by atoms with Crippen molar-refractivity contribution < 1.29 is 14.6 Å². The van der Waals surface area contributed by atoms with E-state index in [4.69, 9.17) is 9.47 Å². The second kappa shape index (κ2) is 7.54. The second-order valence-electron chi connectivity index (χ2n) is 6.62. The van der Waals surface area contributed by atoms with E-state index in [2.05, 4.69) is 43.4 Å². The molecule has 2 atom stereocenters. The maximum atomic E-state index is 9.88. The van der Waals surface area contributed by atoms with Gasteiger partial charge in [-0.15, -0.1) is 0 Å². The number of aliphatic hydroxyl groups is 1. The van der Waals surface area contributed by atoms with Crippen LogP contribution >= 0.6 is 0 Å². The van der Waals surface area contributed by atoms with Gasteiger partial charge in [0.15, 0.2) is 6.29 Å². The van der Waals surface area contributed by atoms with Crippen molar-refractivity contribution in [2.24, 2.45) is 0 Å². The first-order valence-corrected chi connectivity index (χ1v) is 11.0. The van der Waals surface area contributed by atoms with Crippen LogP contribution in [0.3, 0.4) is 0 Å². The summed E-state index contributed by atoms with van der Waals surface area (Å²) in [6.07, 6.45) is 2.56. The van der Waals surface area contributed by atoms with Crippen molar-refractivity contribution in [3.05, 3.63) is 30.3 Å². The lowest BCUT2D eigenvalue weighted by atomic mass is 10.1. The third-order valence-corrected chi connectivity index (χ3v) is 8.99. The van der Waals surface area contributed by atoms with Gasteiger partial charge in [0.1, 0.15) is 0 Å². The highest BCUT2D eigenvalue weighted by Gasteiger charge is 2.34. The normalized spacial score (nSPS) is 19.6. The average molecular weight is 308 g/mol. The molecule has 1 aromatic rings. The van der Waals surface area contributed by atoms with Crippen molar-refractivity contribution in [3.8, 4) is 0 Å². The molecule has 21 heavy (non-hydrogen) atoms. The van der Waals surface area contributed by atoms with Crippen LogP contribution in [-0.2, 0) is 9.47 Å². The van der Waals surface area contributed by atoms with Crippen LogP contribution < -0.4 is 5.19 Å². The summed E-state index contributed by atoms with van der Waals surface area (Å²) in [5.41, 5.74) is 0.535. The molecular weight excluding hydrogens is 280 g/mol. The monoisotopic (exact) mass is 308 g/mol. The van der Waals surface area contributed by atoms with E-state index in [9.17, 15) is 5.11 Å². The Balaban J connectivity index is 2.06. The van der Waals surface area contributed by atoms with Crippen molar-refractivity contribution in [3.63, 3.8) is 0 Å². The Morgan fingerprint density at radius 2 is 1.81 bits per heavy atom. The van der Waals surface area contributed by atoms with E-state index in [0.717, 1.165) is 19.3 Å². The molecule has 0 unspecified atom stereocenters. The molecule has 2 rings (SSSR count). The van der Waals surface area contributed by atoms with E-state index >= 15 is 0 Å². The predicted octanol–water partition coefficient (Wildman–Crippen LogP) is 2.90. The van der Waals surface area contributed by atoms with Gasteiger partial charge >= 0.3 is 0 Å². The summed E-state index contributed by atoms with van der Waals surface area (Å²) in [6, 6.07) is 10.8. The quantitative estimate of drug-likeness (QED) is 0.787. The second-order valence-corrected chi connectivity index (χ2v) is 11.5. The van der Waals surface area contributed by atoms with E-state index in [-0.39, 0.29) is 12.4 Å². The molecule has 4 heteroatoms. The number of hydrogen-bond acceptors (Lipinski definition) is 3. The maximum Gasteiger partial charge on any atom is 0.157 e. The molecule has 0 spiro atoms. The number of benzene rings is 1. The van der Waals surface area contributed by atoms with Gasteiger partial charge in [-0.25, -0.2) is 0 Å². The molecule has 1 aliphatic heterocycles. The first-order valence-electron chi connectivity index (χ1n) is 7.97. The van der Waals surface area contributed by atoms with Gasteiger partial charge in [0.05, 0.1) is 27.4 Å². The third kappa shape index (κ3) is 4.64. The molecule has 0 radical (unpaired) electrons. The first kappa shape index (κ1) is 16.7. The molecule has 3 nitrogen and oxygen atoms in total. The number of ether oxygens (including phenoxy) is 2. The molecule has 1 aliphatic rings. The number of hydrogen-bond donors (Lipinski definition) is 1. The molecule has 1 N–H and O–H groups in total. The molecule has 0 saturated carbocycles. The molecule has 1 aromatic carbocycles. The Hall–Kier alpha value is -0.683. The highest BCUT2D eigenvalue weighted by Crippen LogP contribution is 2.33. The Labute approximate surface area is 129 Å². The van der Waals surface area contributed by atoms with Gasteiger partial charge in [-0.2, -0.15) is 0 Å².